The largest absolute Gasteiger partial charge is 0.490 e. The second-order valence-electron chi connectivity index (χ2n) is 6.19. The van der Waals surface area contributed by atoms with Gasteiger partial charge in [0.05, 0.1) is 25.4 Å². The van der Waals surface area contributed by atoms with Crippen LogP contribution in [0.3, 0.4) is 0 Å². The number of para-hydroxylation sites is 1. The predicted molar refractivity (Wildman–Crippen MR) is 113 cm³/mol. The van der Waals surface area contributed by atoms with E-state index in [1.54, 1.807) is 12.1 Å². The summed E-state index contributed by atoms with van der Waals surface area (Å²) in [6.45, 7) is 9.02. The van der Waals surface area contributed by atoms with Crippen LogP contribution in [0.1, 0.15) is 36.7 Å². The normalized spacial score (nSPS) is 10.4. The van der Waals surface area contributed by atoms with E-state index in [0.29, 0.717) is 57.3 Å². The van der Waals surface area contributed by atoms with Crippen LogP contribution in [-0.2, 0) is 11.2 Å². The van der Waals surface area contributed by atoms with Gasteiger partial charge in [-0.2, -0.15) is 0 Å². The second kappa shape index (κ2) is 12.7. The molecule has 0 fully saturated rings. The smallest absolute Gasteiger partial charge is 0.255 e. The Bertz CT molecular complexity index is 763. The van der Waals surface area contributed by atoms with Crippen LogP contribution in [0.2, 0.25) is 0 Å². The monoisotopic (exact) mass is 401 g/mol. The lowest BCUT2D eigenvalue weighted by atomic mass is 10.1. The van der Waals surface area contributed by atoms with E-state index in [-0.39, 0.29) is 5.91 Å². The van der Waals surface area contributed by atoms with Gasteiger partial charge in [0.15, 0.2) is 11.5 Å². The molecule has 1 amide bonds. The topological polar surface area (TPSA) is 66.0 Å². The number of carbonyl (C=O) groups is 1. The summed E-state index contributed by atoms with van der Waals surface area (Å²) in [5.74, 6) is 1.86. The molecule has 2 aromatic rings. The summed E-state index contributed by atoms with van der Waals surface area (Å²) in [4.78, 5) is 12.6. The van der Waals surface area contributed by atoms with Crippen LogP contribution in [0.4, 0.5) is 0 Å². The van der Waals surface area contributed by atoms with E-state index in [1.165, 1.54) is 0 Å². The molecule has 0 heterocycles. The quantitative estimate of drug-likeness (QED) is 0.516. The Hall–Kier alpha value is -2.73. The maximum absolute atomic E-state index is 12.6. The summed E-state index contributed by atoms with van der Waals surface area (Å²) in [6.07, 6.45) is 0.686. The molecule has 2 rings (SSSR count). The second-order valence-corrected chi connectivity index (χ2v) is 6.19. The van der Waals surface area contributed by atoms with Gasteiger partial charge >= 0.3 is 0 Å². The van der Waals surface area contributed by atoms with E-state index in [2.05, 4.69) is 5.32 Å². The van der Waals surface area contributed by atoms with Crippen molar-refractivity contribution in [2.75, 3.05) is 39.6 Å². The third kappa shape index (κ3) is 7.31. The van der Waals surface area contributed by atoms with Gasteiger partial charge in [0, 0.05) is 13.2 Å². The van der Waals surface area contributed by atoms with Gasteiger partial charge in [-0.3, -0.25) is 4.79 Å². The van der Waals surface area contributed by atoms with Crippen LogP contribution in [0.15, 0.2) is 42.5 Å². The fraction of sp³-hybridized carbons (Fsp3) is 0.435. The number of rotatable bonds is 13. The molecule has 0 unspecified atom stereocenters. The molecular weight excluding hydrogens is 370 g/mol. The summed E-state index contributed by atoms with van der Waals surface area (Å²) < 4.78 is 22.2. The van der Waals surface area contributed by atoms with Gasteiger partial charge in [0.2, 0.25) is 0 Å². The minimum atomic E-state index is -0.159. The molecule has 6 nitrogen and oxygen atoms in total. The molecule has 0 bridgehead atoms. The molecule has 0 aromatic heterocycles. The summed E-state index contributed by atoms with van der Waals surface area (Å²) in [5.41, 5.74) is 1.59. The Kier molecular flexibility index (Phi) is 9.86. The number of benzene rings is 2. The molecule has 29 heavy (non-hydrogen) atoms. The van der Waals surface area contributed by atoms with Crippen molar-refractivity contribution >= 4 is 5.91 Å². The summed E-state index contributed by atoms with van der Waals surface area (Å²) in [5, 5.41) is 2.96. The van der Waals surface area contributed by atoms with E-state index in [1.807, 2.05) is 51.1 Å². The SMILES string of the molecule is CCOCCOc1ccccc1C(=O)NCCc1ccc(OCC)c(OCC)c1. The molecular formula is C23H31NO5. The number of hydrogen-bond donors (Lipinski definition) is 1. The van der Waals surface area contributed by atoms with E-state index in [0.717, 1.165) is 17.1 Å². The van der Waals surface area contributed by atoms with Gasteiger partial charge in [0.25, 0.3) is 5.91 Å². The summed E-state index contributed by atoms with van der Waals surface area (Å²) in [7, 11) is 0. The predicted octanol–water partition coefficient (Wildman–Crippen LogP) is 3.87. The fourth-order valence-corrected chi connectivity index (χ4v) is 2.80. The van der Waals surface area contributed by atoms with Gasteiger partial charge in [-0.15, -0.1) is 0 Å². The fourth-order valence-electron chi connectivity index (χ4n) is 2.80. The first-order chi connectivity index (χ1) is 14.2. The zero-order valence-corrected chi connectivity index (χ0v) is 17.5. The molecule has 6 heteroatoms. The van der Waals surface area contributed by atoms with Gasteiger partial charge < -0.3 is 24.3 Å². The van der Waals surface area contributed by atoms with Crippen molar-refractivity contribution in [3.63, 3.8) is 0 Å². The highest BCUT2D eigenvalue weighted by molar-refractivity contribution is 5.96. The average molecular weight is 402 g/mol. The highest BCUT2D eigenvalue weighted by Gasteiger charge is 2.12. The average Bonchev–Trinajstić information content (AvgIpc) is 2.73. The molecule has 0 atom stereocenters. The van der Waals surface area contributed by atoms with E-state index < -0.39 is 0 Å². The van der Waals surface area contributed by atoms with E-state index in [9.17, 15) is 4.79 Å². The first kappa shape index (κ1) is 22.6. The van der Waals surface area contributed by atoms with Crippen LogP contribution in [0.25, 0.3) is 0 Å². The Labute approximate surface area is 173 Å². The molecule has 0 saturated heterocycles. The van der Waals surface area contributed by atoms with Crippen molar-refractivity contribution < 1.29 is 23.7 Å². The van der Waals surface area contributed by atoms with Crippen molar-refractivity contribution in [1.82, 2.24) is 5.32 Å². The molecule has 0 aliphatic rings. The van der Waals surface area contributed by atoms with Gasteiger partial charge in [-0.05, 0) is 57.0 Å². The summed E-state index contributed by atoms with van der Waals surface area (Å²) >= 11 is 0. The number of hydrogen-bond acceptors (Lipinski definition) is 5. The zero-order chi connectivity index (χ0) is 20.9. The van der Waals surface area contributed by atoms with Gasteiger partial charge in [0.1, 0.15) is 12.4 Å². The van der Waals surface area contributed by atoms with Crippen molar-refractivity contribution in [1.29, 1.82) is 0 Å². The third-order valence-electron chi connectivity index (χ3n) is 4.13. The first-order valence-electron chi connectivity index (χ1n) is 10.2. The Morgan fingerprint density at radius 3 is 2.34 bits per heavy atom. The lowest BCUT2D eigenvalue weighted by Gasteiger charge is -2.13. The Morgan fingerprint density at radius 2 is 1.59 bits per heavy atom. The molecule has 1 N–H and O–H groups in total. The van der Waals surface area contributed by atoms with E-state index in [4.69, 9.17) is 18.9 Å². The third-order valence-corrected chi connectivity index (χ3v) is 4.13. The van der Waals surface area contributed by atoms with E-state index >= 15 is 0 Å². The van der Waals surface area contributed by atoms with Crippen molar-refractivity contribution in [3.8, 4) is 17.2 Å². The summed E-state index contributed by atoms with van der Waals surface area (Å²) in [6, 6.07) is 13.1. The standard InChI is InChI=1S/C23H31NO5/c1-4-26-15-16-29-20-10-8-7-9-19(20)23(25)24-14-13-18-11-12-21(27-5-2)22(17-18)28-6-3/h7-12,17H,4-6,13-16H2,1-3H3,(H,24,25). The maximum atomic E-state index is 12.6. The van der Waals surface area contributed by atoms with Crippen LogP contribution < -0.4 is 19.5 Å². The zero-order valence-electron chi connectivity index (χ0n) is 17.5. The number of nitrogens with one attached hydrogen (secondary N) is 1. The molecule has 0 aliphatic carbocycles. The highest BCUT2D eigenvalue weighted by atomic mass is 16.5. The Balaban J connectivity index is 1.92. The van der Waals surface area contributed by atoms with Crippen molar-refractivity contribution in [2.45, 2.75) is 27.2 Å². The lowest BCUT2D eigenvalue weighted by Crippen LogP contribution is -2.26. The highest BCUT2D eigenvalue weighted by Crippen LogP contribution is 2.28. The van der Waals surface area contributed by atoms with Gasteiger partial charge in [-0.1, -0.05) is 18.2 Å². The molecule has 0 radical (unpaired) electrons. The van der Waals surface area contributed by atoms with Gasteiger partial charge in [-0.25, -0.2) is 0 Å². The van der Waals surface area contributed by atoms with Crippen LogP contribution >= 0.6 is 0 Å². The van der Waals surface area contributed by atoms with Crippen LogP contribution in [0, 0.1) is 0 Å². The minimum absolute atomic E-state index is 0.159. The lowest BCUT2D eigenvalue weighted by molar-refractivity contribution is 0.0937. The first-order valence-corrected chi connectivity index (χ1v) is 10.2. The number of ether oxygens (including phenoxy) is 4. The maximum Gasteiger partial charge on any atom is 0.255 e. The van der Waals surface area contributed by atoms with Crippen molar-refractivity contribution in [3.05, 3.63) is 53.6 Å². The molecule has 2 aromatic carbocycles. The molecule has 0 saturated carbocycles. The Morgan fingerprint density at radius 1 is 0.828 bits per heavy atom. The molecule has 158 valence electrons. The molecule has 0 aliphatic heterocycles. The van der Waals surface area contributed by atoms with Crippen LogP contribution in [-0.4, -0.2) is 45.5 Å². The van der Waals surface area contributed by atoms with Crippen molar-refractivity contribution in [2.24, 2.45) is 0 Å². The van der Waals surface area contributed by atoms with Crippen LogP contribution in [0.5, 0.6) is 17.2 Å². The number of amides is 1. The molecule has 0 spiro atoms. The minimum Gasteiger partial charge on any atom is -0.490 e. The number of carbonyl (C=O) groups excluding carboxylic acids is 1.